The number of aryl methyl sites for hydroxylation is 1. The maximum atomic E-state index is 13.5. The Morgan fingerprint density at radius 3 is 2.23 bits per heavy atom. The van der Waals surface area contributed by atoms with E-state index in [4.69, 9.17) is 4.74 Å². The van der Waals surface area contributed by atoms with Gasteiger partial charge in [-0.05, 0) is 50.2 Å². The van der Waals surface area contributed by atoms with Crippen LogP contribution in [0.3, 0.4) is 0 Å². The van der Waals surface area contributed by atoms with E-state index >= 15 is 0 Å². The van der Waals surface area contributed by atoms with E-state index in [0.29, 0.717) is 23.7 Å². The number of para-hydroxylation sites is 3. The molecule has 0 saturated heterocycles. The number of carbonyl (C=O) groups is 1. The van der Waals surface area contributed by atoms with Crippen LogP contribution in [0, 0.1) is 6.92 Å². The Hall–Kier alpha value is -3.32. The van der Waals surface area contributed by atoms with Gasteiger partial charge < -0.3 is 10.1 Å². The lowest BCUT2D eigenvalue weighted by molar-refractivity contribution is -0.114. The van der Waals surface area contributed by atoms with E-state index in [-0.39, 0.29) is 4.90 Å². The van der Waals surface area contributed by atoms with Crippen molar-refractivity contribution in [1.29, 1.82) is 0 Å². The average Bonchev–Trinajstić information content (AvgIpc) is 2.74. The Kier molecular flexibility index (Phi) is 6.74. The number of benzene rings is 3. The zero-order valence-electron chi connectivity index (χ0n) is 16.9. The molecule has 1 N–H and O–H groups in total. The predicted octanol–water partition coefficient (Wildman–Crippen LogP) is 4.23. The van der Waals surface area contributed by atoms with Crippen LogP contribution >= 0.6 is 0 Å². The molecule has 3 aromatic rings. The van der Waals surface area contributed by atoms with Gasteiger partial charge in [-0.3, -0.25) is 9.10 Å². The van der Waals surface area contributed by atoms with Crippen molar-refractivity contribution in [3.63, 3.8) is 0 Å². The van der Waals surface area contributed by atoms with E-state index < -0.39 is 22.5 Å². The molecule has 0 spiro atoms. The molecule has 0 aromatic heterocycles. The van der Waals surface area contributed by atoms with Gasteiger partial charge in [-0.15, -0.1) is 0 Å². The number of anilines is 2. The largest absolute Gasteiger partial charge is 0.492 e. The van der Waals surface area contributed by atoms with Crippen molar-refractivity contribution in [2.45, 2.75) is 18.7 Å². The number of carbonyl (C=O) groups excluding carboxylic acids is 1. The summed E-state index contributed by atoms with van der Waals surface area (Å²) in [6.07, 6.45) is 0. The number of amides is 1. The van der Waals surface area contributed by atoms with Crippen LogP contribution in [-0.2, 0) is 14.8 Å². The van der Waals surface area contributed by atoms with E-state index in [0.717, 1.165) is 9.87 Å². The molecular weight excluding hydrogens is 400 g/mol. The predicted molar refractivity (Wildman–Crippen MR) is 118 cm³/mol. The monoisotopic (exact) mass is 424 g/mol. The molecule has 1 amide bonds. The summed E-state index contributed by atoms with van der Waals surface area (Å²) in [5.74, 6) is -0.0635. The number of rotatable bonds is 8. The van der Waals surface area contributed by atoms with Crippen LogP contribution in [0.1, 0.15) is 12.5 Å². The SMILES string of the molecule is CCOc1ccccc1N(CC(=O)Nc1ccccc1)S(=O)(=O)c1ccc(C)cc1. The minimum absolute atomic E-state index is 0.104. The van der Waals surface area contributed by atoms with Crippen molar-refractivity contribution in [3.8, 4) is 5.75 Å². The second kappa shape index (κ2) is 9.45. The van der Waals surface area contributed by atoms with Crippen LogP contribution in [0.5, 0.6) is 5.75 Å². The molecule has 0 radical (unpaired) electrons. The highest BCUT2D eigenvalue weighted by atomic mass is 32.2. The molecule has 0 bridgehead atoms. The molecule has 0 fully saturated rings. The van der Waals surface area contributed by atoms with Gasteiger partial charge in [0.05, 0.1) is 17.2 Å². The lowest BCUT2D eigenvalue weighted by Crippen LogP contribution is -2.38. The summed E-state index contributed by atoms with van der Waals surface area (Å²) in [4.78, 5) is 12.8. The van der Waals surface area contributed by atoms with Gasteiger partial charge in [-0.25, -0.2) is 8.42 Å². The number of sulfonamides is 1. The Balaban J connectivity index is 2.00. The molecule has 0 unspecified atom stereocenters. The second-order valence-corrected chi connectivity index (χ2v) is 8.50. The molecule has 0 aliphatic rings. The van der Waals surface area contributed by atoms with Crippen LogP contribution in [0.4, 0.5) is 11.4 Å². The van der Waals surface area contributed by atoms with E-state index in [2.05, 4.69) is 5.32 Å². The van der Waals surface area contributed by atoms with Gasteiger partial charge in [-0.1, -0.05) is 48.0 Å². The molecule has 6 nitrogen and oxygen atoms in total. The van der Waals surface area contributed by atoms with E-state index in [9.17, 15) is 13.2 Å². The Bertz CT molecular complexity index is 1100. The summed E-state index contributed by atoms with van der Waals surface area (Å²) >= 11 is 0. The maximum absolute atomic E-state index is 13.5. The first-order valence-corrected chi connectivity index (χ1v) is 11.0. The molecule has 3 rings (SSSR count). The van der Waals surface area contributed by atoms with Crippen LogP contribution < -0.4 is 14.4 Å². The zero-order chi connectivity index (χ0) is 21.6. The van der Waals surface area contributed by atoms with Crippen molar-refractivity contribution < 1.29 is 17.9 Å². The highest BCUT2D eigenvalue weighted by molar-refractivity contribution is 7.92. The number of nitrogens with one attached hydrogen (secondary N) is 1. The smallest absolute Gasteiger partial charge is 0.264 e. The third-order valence-corrected chi connectivity index (χ3v) is 6.16. The Labute approximate surface area is 177 Å². The molecule has 0 atom stereocenters. The normalized spacial score (nSPS) is 11.0. The van der Waals surface area contributed by atoms with Gasteiger partial charge in [0.2, 0.25) is 5.91 Å². The van der Waals surface area contributed by atoms with E-state index in [1.54, 1.807) is 60.7 Å². The molecule has 0 heterocycles. The zero-order valence-corrected chi connectivity index (χ0v) is 17.7. The number of ether oxygens (including phenoxy) is 1. The topological polar surface area (TPSA) is 75.7 Å². The van der Waals surface area contributed by atoms with Gasteiger partial charge in [-0.2, -0.15) is 0 Å². The standard InChI is InChI=1S/C23H24N2O4S/c1-3-29-22-12-8-7-11-21(22)25(17-23(26)24-19-9-5-4-6-10-19)30(27,28)20-15-13-18(2)14-16-20/h4-16H,3,17H2,1-2H3,(H,24,26). The fourth-order valence-electron chi connectivity index (χ4n) is 2.93. The van der Waals surface area contributed by atoms with Crippen molar-refractivity contribution >= 4 is 27.3 Å². The molecule has 30 heavy (non-hydrogen) atoms. The number of nitrogens with zero attached hydrogens (tertiary/aromatic N) is 1. The fraction of sp³-hybridized carbons (Fsp3) is 0.174. The second-order valence-electron chi connectivity index (χ2n) is 6.64. The summed E-state index contributed by atoms with van der Waals surface area (Å²) in [5, 5.41) is 2.74. The van der Waals surface area contributed by atoms with Crippen molar-refractivity contribution in [3.05, 3.63) is 84.4 Å². The highest BCUT2D eigenvalue weighted by Crippen LogP contribution is 2.32. The molecule has 3 aromatic carbocycles. The minimum Gasteiger partial charge on any atom is -0.492 e. The lowest BCUT2D eigenvalue weighted by Gasteiger charge is -2.26. The van der Waals surface area contributed by atoms with Gasteiger partial charge >= 0.3 is 0 Å². The van der Waals surface area contributed by atoms with Crippen molar-refractivity contribution in [1.82, 2.24) is 0 Å². The van der Waals surface area contributed by atoms with Crippen LogP contribution in [0.15, 0.2) is 83.8 Å². The summed E-state index contributed by atoms with van der Waals surface area (Å²) in [7, 11) is -4.01. The lowest BCUT2D eigenvalue weighted by atomic mass is 10.2. The van der Waals surface area contributed by atoms with Gasteiger partial charge in [0.15, 0.2) is 0 Å². The van der Waals surface area contributed by atoms with Gasteiger partial charge in [0, 0.05) is 5.69 Å². The summed E-state index contributed by atoms with van der Waals surface area (Å²) < 4.78 is 33.7. The average molecular weight is 425 g/mol. The third kappa shape index (κ3) is 4.99. The molecule has 0 saturated carbocycles. The van der Waals surface area contributed by atoms with Crippen molar-refractivity contribution in [2.24, 2.45) is 0 Å². The van der Waals surface area contributed by atoms with Crippen LogP contribution in [-0.4, -0.2) is 27.5 Å². The first kappa shape index (κ1) is 21.4. The third-order valence-electron chi connectivity index (χ3n) is 4.39. The molecule has 7 heteroatoms. The Morgan fingerprint density at radius 1 is 0.933 bits per heavy atom. The highest BCUT2D eigenvalue weighted by Gasteiger charge is 2.29. The maximum Gasteiger partial charge on any atom is 0.264 e. The van der Waals surface area contributed by atoms with Crippen LogP contribution in [0.2, 0.25) is 0 Å². The first-order chi connectivity index (χ1) is 14.4. The molecule has 0 aliphatic heterocycles. The minimum atomic E-state index is -4.01. The van der Waals surface area contributed by atoms with Crippen LogP contribution in [0.25, 0.3) is 0 Å². The van der Waals surface area contributed by atoms with E-state index in [1.165, 1.54) is 12.1 Å². The number of hydrogen-bond donors (Lipinski definition) is 1. The molecule has 0 aliphatic carbocycles. The first-order valence-electron chi connectivity index (χ1n) is 9.58. The fourth-order valence-corrected chi connectivity index (χ4v) is 4.36. The number of hydrogen-bond acceptors (Lipinski definition) is 4. The summed E-state index contributed by atoms with van der Waals surface area (Å²) in [5.41, 5.74) is 1.84. The molecular formula is C23H24N2O4S. The Morgan fingerprint density at radius 2 is 1.57 bits per heavy atom. The quantitative estimate of drug-likeness (QED) is 0.587. The van der Waals surface area contributed by atoms with Crippen molar-refractivity contribution in [2.75, 3.05) is 22.8 Å². The molecule has 156 valence electrons. The van der Waals surface area contributed by atoms with Gasteiger partial charge in [0.1, 0.15) is 12.3 Å². The van der Waals surface area contributed by atoms with Gasteiger partial charge in [0.25, 0.3) is 10.0 Å². The van der Waals surface area contributed by atoms with E-state index in [1.807, 2.05) is 19.9 Å². The summed E-state index contributed by atoms with van der Waals surface area (Å²) in [6, 6.07) is 22.2. The summed E-state index contributed by atoms with van der Waals surface area (Å²) in [6.45, 7) is 3.67.